The first-order valence-electron chi connectivity index (χ1n) is 8.99. The molecule has 0 aliphatic carbocycles. The first-order valence-corrected chi connectivity index (χ1v) is 9.98. The van der Waals surface area contributed by atoms with Gasteiger partial charge >= 0.3 is 0 Å². The largest absolute Gasteiger partial charge is 0.486 e. The van der Waals surface area contributed by atoms with E-state index >= 15 is 0 Å². The average Bonchev–Trinajstić information content (AvgIpc) is 2.71. The maximum absolute atomic E-state index is 12.4. The molecule has 1 heterocycles. The number of ether oxygens (including phenoxy) is 2. The predicted molar refractivity (Wildman–Crippen MR) is 109 cm³/mol. The highest BCUT2D eigenvalue weighted by atomic mass is 32.2. The van der Waals surface area contributed by atoms with Crippen LogP contribution in [0.3, 0.4) is 0 Å². The Morgan fingerprint density at radius 2 is 1.78 bits per heavy atom. The van der Waals surface area contributed by atoms with Gasteiger partial charge in [0.2, 0.25) is 5.91 Å². The van der Waals surface area contributed by atoms with E-state index in [9.17, 15) is 4.79 Å². The third-order valence-corrected chi connectivity index (χ3v) is 5.53. The normalized spacial score (nSPS) is 14.0. The van der Waals surface area contributed by atoms with E-state index < -0.39 is 0 Å². The molecule has 3 aromatic carbocycles. The lowest BCUT2D eigenvalue weighted by atomic mass is 10.1. The topological polar surface area (TPSA) is 47.6 Å². The van der Waals surface area contributed by atoms with Gasteiger partial charge in [-0.2, -0.15) is 0 Å². The second-order valence-electron chi connectivity index (χ2n) is 6.49. The van der Waals surface area contributed by atoms with Gasteiger partial charge in [-0.15, -0.1) is 11.8 Å². The molecule has 1 atom stereocenters. The van der Waals surface area contributed by atoms with Gasteiger partial charge in [-0.25, -0.2) is 0 Å². The quantitative estimate of drug-likeness (QED) is 0.659. The minimum atomic E-state index is -0.0921. The molecule has 0 spiro atoms. The molecule has 0 aromatic heterocycles. The number of carbonyl (C=O) groups excluding carboxylic acids is 1. The lowest BCUT2D eigenvalue weighted by molar-refractivity contribution is -0.119. The van der Waals surface area contributed by atoms with Gasteiger partial charge in [-0.1, -0.05) is 36.4 Å². The number of hydrogen-bond acceptors (Lipinski definition) is 4. The van der Waals surface area contributed by atoms with Crippen LogP contribution in [-0.2, 0) is 4.79 Å². The second-order valence-corrected chi connectivity index (χ2v) is 7.54. The number of amides is 1. The summed E-state index contributed by atoms with van der Waals surface area (Å²) in [4.78, 5) is 13.5. The molecule has 1 N–H and O–H groups in total. The highest BCUT2D eigenvalue weighted by molar-refractivity contribution is 8.00. The van der Waals surface area contributed by atoms with Gasteiger partial charge in [-0.05, 0) is 47.5 Å². The molecular weight excluding hydrogens is 358 g/mol. The van der Waals surface area contributed by atoms with Gasteiger partial charge in [0.05, 0.1) is 11.8 Å². The molecule has 0 unspecified atom stereocenters. The summed E-state index contributed by atoms with van der Waals surface area (Å²) in [5.41, 5.74) is 1.00. The lowest BCUT2D eigenvalue weighted by Crippen LogP contribution is -2.28. The summed E-state index contributed by atoms with van der Waals surface area (Å²) in [5, 5.41) is 5.45. The molecular formula is C22H21NO3S. The van der Waals surface area contributed by atoms with E-state index in [-0.39, 0.29) is 11.9 Å². The van der Waals surface area contributed by atoms with Crippen molar-refractivity contribution in [1.82, 2.24) is 5.32 Å². The van der Waals surface area contributed by atoms with E-state index in [1.807, 2.05) is 37.3 Å². The van der Waals surface area contributed by atoms with Crippen molar-refractivity contribution in [3.05, 3.63) is 66.2 Å². The number of nitrogens with one attached hydrogen (secondary N) is 1. The average molecular weight is 379 g/mol. The summed E-state index contributed by atoms with van der Waals surface area (Å²) < 4.78 is 11.2. The van der Waals surface area contributed by atoms with E-state index in [0.717, 1.165) is 22.0 Å². The van der Waals surface area contributed by atoms with Crippen LogP contribution in [0.1, 0.15) is 18.5 Å². The molecule has 0 saturated heterocycles. The zero-order chi connectivity index (χ0) is 18.6. The minimum absolute atomic E-state index is 0.00977. The van der Waals surface area contributed by atoms with Crippen LogP contribution < -0.4 is 14.8 Å². The van der Waals surface area contributed by atoms with Gasteiger partial charge < -0.3 is 14.8 Å². The van der Waals surface area contributed by atoms with E-state index in [2.05, 4.69) is 35.6 Å². The Labute approximate surface area is 162 Å². The zero-order valence-corrected chi connectivity index (χ0v) is 15.9. The first-order chi connectivity index (χ1) is 13.2. The van der Waals surface area contributed by atoms with Crippen LogP contribution in [0.15, 0.2) is 65.6 Å². The van der Waals surface area contributed by atoms with Gasteiger partial charge in [0.25, 0.3) is 0 Å². The Bertz CT molecular complexity index is 973. The van der Waals surface area contributed by atoms with E-state index in [1.165, 1.54) is 10.8 Å². The fourth-order valence-electron chi connectivity index (χ4n) is 3.10. The maximum Gasteiger partial charge on any atom is 0.230 e. The number of hydrogen-bond donors (Lipinski definition) is 1. The number of fused-ring (bicyclic) bond motifs is 2. The van der Waals surface area contributed by atoms with Crippen molar-refractivity contribution < 1.29 is 14.3 Å². The van der Waals surface area contributed by atoms with Crippen LogP contribution in [0.2, 0.25) is 0 Å². The van der Waals surface area contributed by atoms with Crippen molar-refractivity contribution in [3.8, 4) is 11.5 Å². The molecule has 27 heavy (non-hydrogen) atoms. The highest BCUT2D eigenvalue weighted by Gasteiger charge is 2.16. The van der Waals surface area contributed by atoms with Crippen molar-refractivity contribution >= 4 is 28.4 Å². The third-order valence-electron chi connectivity index (χ3n) is 4.53. The SMILES string of the molecule is C[C@@H](NC(=O)CSc1ccc2ccccc2c1)c1ccc2c(c1)OCCO2. The zero-order valence-electron chi connectivity index (χ0n) is 15.1. The molecule has 4 rings (SSSR count). The smallest absolute Gasteiger partial charge is 0.230 e. The highest BCUT2D eigenvalue weighted by Crippen LogP contribution is 2.32. The molecule has 0 bridgehead atoms. The van der Waals surface area contributed by atoms with Crippen LogP contribution in [-0.4, -0.2) is 24.9 Å². The number of carbonyl (C=O) groups is 1. The number of rotatable bonds is 5. The van der Waals surface area contributed by atoms with Crippen molar-refractivity contribution in [3.63, 3.8) is 0 Å². The predicted octanol–water partition coefficient (Wildman–Crippen LogP) is 4.58. The van der Waals surface area contributed by atoms with Gasteiger partial charge in [0.15, 0.2) is 11.5 Å². The van der Waals surface area contributed by atoms with Gasteiger partial charge in [-0.3, -0.25) is 4.79 Å². The monoisotopic (exact) mass is 379 g/mol. The molecule has 0 radical (unpaired) electrons. The molecule has 1 aliphatic heterocycles. The fraction of sp³-hybridized carbons (Fsp3) is 0.227. The molecule has 1 amide bonds. The van der Waals surface area contributed by atoms with Gasteiger partial charge in [0.1, 0.15) is 13.2 Å². The van der Waals surface area contributed by atoms with E-state index in [0.29, 0.717) is 19.0 Å². The Kier molecular flexibility index (Phi) is 5.21. The van der Waals surface area contributed by atoms with Crippen LogP contribution in [0.5, 0.6) is 11.5 Å². The maximum atomic E-state index is 12.4. The first kappa shape index (κ1) is 17.7. The minimum Gasteiger partial charge on any atom is -0.486 e. The molecule has 0 fully saturated rings. The van der Waals surface area contributed by atoms with Crippen molar-refractivity contribution in [1.29, 1.82) is 0 Å². The van der Waals surface area contributed by atoms with Crippen LogP contribution >= 0.6 is 11.8 Å². The Balaban J connectivity index is 1.35. The molecule has 5 heteroatoms. The number of benzene rings is 3. The summed E-state index contributed by atoms with van der Waals surface area (Å²) in [6.45, 7) is 3.11. The number of thioether (sulfide) groups is 1. The van der Waals surface area contributed by atoms with Crippen molar-refractivity contribution in [2.24, 2.45) is 0 Å². The summed E-state index contributed by atoms with van der Waals surface area (Å²) in [7, 11) is 0. The standard InChI is InChI=1S/C22H21NO3S/c1-15(17-7-9-20-21(13-17)26-11-10-25-20)23-22(24)14-27-19-8-6-16-4-2-3-5-18(16)12-19/h2-9,12-13,15H,10-11,14H2,1H3,(H,23,24)/t15-/m1/s1. The molecule has 3 aromatic rings. The Hall–Kier alpha value is -2.66. The summed E-state index contributed by atoms with van der Waals surface area (Å²) in [5.74, 6) is 1.89. The van der Waals surface area contributed by atoms with Crippen molar-refractivity contribution in [2.45, 2.75) is 17.9 Å². The Morgan fingerprint density at radius 1 is 1.00 bits per heavy atom. The third kappa shape index (κ3) is 4.19. The summed E-state index contributed by atoms with van der Waals surface area (Å²) in [6, 6.07) is 20.2. The molecule has 4 nitrogen and oxygen atoms in total. The molecule has 0 saturated carbocycles. The van der Waals surface area contributed by atoms with Crippen LogP contribution in [0.4, 0.5) is 0 Å². The van der Waals surface area contributed by atoms with Gasteiger partial charge in [0, 0.05) is 4.90 Å². The van der Waals surface area contributed by atoms with Crippen LogP contribution in [0, 0.1) is 0 Å². The fourth-order valence-corrected chi connectivity index (χ4v) is 3.86. The molecule has 1 aliphatic rings. The summed E-state index contributed by atoms with van der Waals surface area (Å²) in [6.07, 6.45) is 0. The lowest BCUT2D eigenvalue weighted by Gasteiger charge is -2.21. The summed E-state index contributed by atoms with van der Waals surface area (Å²) >= 11 is 1.55. The second kappa shape index (κ2) is 7.92. The van der Waals surface area contributed by atoms with E-state index in [1.54, 1.807) is 11.8 Å². The van der Waals surface area contributed by atoms with E-state index in [4.69, 9.17) is 9.47 Å². The van der Waals surface area contributed by atoms with Crippen LogP contribution in [0.25, 0.3) is 10.8 Å². The molecule has 138 valence electrons. The Morgan fingerprint density at radius 3 is 2.63 bits per heavy atom. The van der Waals surface area contributed by atoms with Crippen molar-refractivity contribution in [2.75, 3.05) is 19.0 Å².